The highest BCUT2D eigenvalue weighted by Crippen LogP contribution is 2.44. The van der Waals surface area contributed by atoms with Gasteiger partial charge in [-0.25, -0.2) is 0 Å². The first-order valence-electron chi connectivity index (χ1n) is 6.95. The van der Waals surface area contributed by atoms with Crippen molar-refractivity contribution in [2.45, 2.75) is 5.97 Å². The molecule has 118 valence electrons. The average molecular weight is 313 g/mol. The Morgan fingerprint density at radius 2 is 1.74 bits per heavy atom. The number of fused-ring (bicyclic) bond motifs is 1. The summed E-state index contributed by atoms with van der Waals surface area (Å²) < 4.78 is 16.7. The molecule has 0 bridgehead atoms. The van der Waals surface area contributed by atoms with E-state index in [9.17, 15) is 10.1 Å². The van der Waals surface area contributed by atoms with Gasteiger partial charge in [0.2, 0.25) is 0 Å². The number of non-ortho nitro benzene ring substituents is 1. The number of hydrogen-bond acceptors (Lipinski definition) is 5. The van der Waals surface area contributed by atoms with Gasteiger partial charge < -0.3 is 14.2 Å². The molecule has 0 fully saturated rings. The van der Waals surface area contributed by atoms with Crippen molar-refractivity contribution in [1.82, 2.24) is 0 Å². The number of nitrogens with zero attached hydrogens (tertiary/aromatic N) is 1. The molecular formula is C17H15NO5. The molecule has 6 nitrogen and oxygen atoms in total. The van der Waals surface area contributed by atoms with Crippen LogP contribution in [-0.2, 0) is 20.2 Å². The molecular weight excluding hydrogens is 298 g/mol. The molecule has 23 heavy (non-hydrogen) atoms. The lowest BCUT2D eigenvalue weighted by Crippen LogP contribution is -2.29. The van der Waals surface area contributed by atoms with Gasteiger partial charge in [-0.05, 0) is 29.8 Å². The third-order valence-corrected chi connectivity index (χ3v) is 3.71. The normalized spacial score (nSPS) is 16.9. The van der Waals surface area contributed by atoms with Crippen LogP contribution in [0.1, 0.15) is 16.7 Å². The molecule has 2 aromatic carbocycles. The molecule has 0 unspecified atom stereocenters. The van der Waals surface area contributed by atoms with Gasteiger partial charge >= 0.3 is 5.97 Å². The Morgan fingerprint density at radius 3 is 2.35 bits per heavy atom. The number of ether oxygens (including phenoxy) is 3. The molecule has 1 aliphatic heterocycles. The molecule has 0 aliphatic carbocycles. The van der Waals surface area contributed by atoms with Gasteiger partial charge in [-0.2, -0.15) is 0 Å². The number of methoxy groups -OCH3 is 2. The minimum Gasteiger partial charge on any atom is -0.435 e. The molecule has 0 radical (unpaired) electrons. The second-order valence-electron chi connectivity index (χ2n) is 4.97. The number of nitro benzene ring substituents is 1. The highest BCUT2D eigenvalue weighted by molar-refractivity contribution is 5.81. The minimum atomic E-state index is -1.27. The summed E-state index contributed by atoms with van der Waals surface area (Å²) in [5.41, 5.74) is 2.46. The van der Waals surface area contributed by atoms with E-state index >= 15 is 0 Å². The van der Waals surface area contributed by atoms with Crippen LogP contribution in [0.5, 0.6) is 0 Å². The van der Waals surface area contributed by atoms with Gasteiger partial charge in [-0.1, -0.05) is 18.2 Å². The molecule has 0 N–H and O–H groups in total. The lowest BCUT2D eigenvalue weighted by atomic mass is 10.1. The van der Waals surface area contributed by atoms with Crippen LogP contribution in [-0.4, -0.2) is 19.1 Å². The smallest absolute Gasteiger partial charge is 0.356 e. The summed E-state index contributed by atoms with van der Waals surface area (Å²) >= 11 is 0. The maximum atomic E-state index is 10.7. The first kappa shape index (κ1) is 15.2. The largest absolute Gasteiger partial charge is 0.435 e. The van der Waals surface area contributed by atoms with Crippen molar-refractivity contribution in [3.8, 4) is 0 Å². The first-order chi connectivity index (χ1) is 11.1. The second kappa shape index (κ2) is 5.83. The molecule has 6 heteroatoms. The van der Waals surface area contributed by atoms with E-state index in [-0.39, 0.29) is 5.69 Å². The molecule has 1 aliphatic rings. The summed E-state index contributed by atoms with van der Waals surface area (Å²) in [6, 6.07) is 13.8. The molecule has 0 saturated heterocycles. The van der Waals surface area contributed by atoms with Gasteiger partial charge in [-0.3, -0.25) is 10.1 Å². The van der Waals surface area contributed by atoms with Crippen LogP contribution in [0.2, 0.25) is 0 Å². The molecule has 3 rings (SSSR count). The van der Waals surface area contributed by atoms with Gasteiger partial charge in [0.25, 0.3) is 5.69 Å². The predicted octanol–water partition coefficient (Wildman–Crippen LogP) is 3.53. The fourth-order valence-electron chi connectivity index (χ4n) is 2.56. The van der Waals surface area contributed by atoms with Crippen molar-refractivity contribution in [2.24, 2.45) is 0 Å². The van der Waals surface area contributed by atoms with Gasteiger partial charge in [0, 0.05) is 31.9 Å². The van der Waals surface area contributed by atoms with Crippen molar-refractivity contribution in [3.05, 3.63) is 75.3 Å². The van der Waals surface area contributed by atoms with Crippen molar-refractivity contribution < 1.29 is 19.1 Å². The third kappa shape index (κ3) is 2.58. The van der Waals surface area contributed by atoms with E-state index in [1.54, 1.807) is 18.2 Å². The van der Waals surface area contributed by atoms with E-state index in [1.165, 1.54) is 26.4 Å². The maximum absolute atomic E-state index is 10.7. The highest BCUT2D eigenvalue weighted by atomic mass is 16.9. The van der Waals surface area contributed by atoms with Gasteiger partial charge in [0.05, 0.1) is 10.5 Å². The van der Waals surface area contributed by atoms with E-state index in [0.717, 1.165) is 16.7 Å². The zero-order chi connectivity index (χ0) is 16.4. The Bertz CT molecular complexity index is 763. The lowest BCUT2D eigenvalue weighted by molar-refractivity contribution is -0.384. The van der Waals surface area contributed by atoms with Gasteiger partial charge in [0.15, 0.2) is 0 Å². The average Bonchev–Trinajstić information content (AvgIpc) is 2.90. The van der Waals surface area contributed by atoms with Crippen molar-refractivity contribution in [3.63, 3.8) is 0 Å². The Balaban J connectivity index is 2.02. The van der Waals surface area contributed by atoms with Crippen molar-refractivity contribution in [2.75, 3.05) is 14.2 Å². The minimum absolute atomic E-state index is 0.0445. The number of rotatable bonds is 4. The van der Waals surface area contributed by atoms with E-state index in [0.29, 0.717) is 5.76 Å². The Labute approximate surface area is 133 Å². The molecule has 0 atom stereocenters. The van der Waals surface area contributed by atoms with E-state index < -0.39 is 10.9 Å². The first-order valence-corrected chi connectivity index (χ1v) is 6.95. The van der Waals surface area contributed by atoms with E-state index in [1.807, 2.05) is 24.3 Å². The standard InChI is InChI=1S/C17H15NO5/c1-21-17(22-2)15-6-4-3-5-14(15)16(23-17)11-12-7-9-13(10-8-12)18(19)20/h3-11H,1-2H3/b16-11-. The summed E-state index contributed by atoms with van der Waals surface area (Å²) in [7, 11) is 3.02. The van der Waals surface area contributed by atoms with Crippen LogP contribution < -0.4 is 0 Å². The van der Waals surface area contributed by atoms with Gasteiger partial charge in [-0.15, -0.1) is 0 Å². The quantitative estimate of drug-likeness (QED) is 0.490. The summed E-state index contributed by atoms with van der Waals surface area (Å²) in [5.74, 6) is -0.693. The molecule has 0 amide bonds. The van der Waals surface area contributed by atoms with Gasteiger partial charge in [0.1, 0.15) is 5.76 Å². The Hall–Kier alpha value is -2.70. The van der Waals surface area contributed by atoms with E-state index in [4.69, 9.17) is 14.2 Å². The summed E-state index contributed by atoms with van der Waals surface area (Å²) in [4.78, 5) is 10.3. The number of hydrogen-bond donors (Lipinski definition) is 0. The molecule has 0 spiro atoms. The predicted molar refractivity (Wildman–Crippen MR) is 84.2 cm³/mol. The van der Waals surface area contributed by atoms with Crippen LogP contribution in [0.4, 0.5) is 5.69 Å². The topological polar surface area (TPSA) is 70.8 Å². The molecule has 2 aromatic rings. The zero-order valence-corrected chi connectivity index (χ0v) is 12.7. The Kier molecular flexibility index (Phi) is 3.85. The zero-order valence-electron chi connectivity index (χ0n) is 12.7. The van der Waals surface area contributed by atoms with Crippen molar-refractivity contribution >= 4 is 17.5 Å². The SMILES string of the molecule is COC1(OC)O/C(=C\c2ccc([N+](=O)[O-])cc2)c2ccccc21. The van der Waals surface area contributed by atoms with Crippen LogP contribution >= 0.6 is 0 Å². The van der Waals surface area contributed by atoms with Crippen LogP contribution in [0.3, 0.4) is 0 Å². The second-order valence-corrected chi connectivity index (χ2v) is 4.97. The number of nitro groups is 1. The highest BCUT2D eigenvalue weighted by Gasteiger charge is 2.44. The third-order valence-electron chi connectivity index (χ3n) is 3.71. The van der Waals surface area contributed by atoms with Crippen LogP contribution in [0, 0.1) is 10.1 Å². The van der Waals surface area contributed by atoms with Crippen LogP contribution in [0.15, 0.2) is 48.5 Å². The molecule has 1 heterocycles. The lowest BCUT2D eigenvalue weighted by Gasteiger charge is -2.25. The fraction of sp³-hybridized carbons (Fsp3) is 0.176. The summed E-state index contributed by atoms with van der Waals surface area (Å²) in [5, 5.41) is 10.7. The monoisotopic (exact) mass is 313 g/mol. The molecule has 0 aromatic heterocycles. The number of benzene rings is 2. The molecule has 0 saturated carbocycles. The summed E-state index contributed by atoms with van der Waals surface area (Å²) in [6.45, 7) is 0. The fourth-order valence-corrected chi connectivity index (χ4v) is 2.56. The maximum Gasteiger partial charge on any atom is 0.356 e. The van der Waals surface area contributed by atoms with E-state index in [2.05, 4.69) is 0 Å². The van der Waals surface area contributed by atoms with Crippen LogP contribution in [0.25, 0.3) is 11.8 Å². The summed E-state index contributed by atoms with van der Waals surface area (Å²) in [6.07, 6.45) is 1.79. The van der Waals surface area contributed by atoms with Crippen molar-refractivity contribution in [1.29, 1.82) is 0 Å². The Morgan fingerprint density at radius 1 is 1.09 bits per heavy atom.